The van der Waals surface area contributed by atoms with Crippen molar-refractivity contribution < 1.29 is 23.5 Å². The van der Waals surface area contributed by atoms with E-state index in [-0.39, 0.29) is 29.7 Å². The number of ketones is 1. The molecule has 10 heteroatoms. The number of nitrogens with zero attached hydrogens (tertiary/aromatic N) is 4. The molecule has 1 aliphatic heterocycles. The molecule has 176 valence electrons. The Morgan fingerprint density at radius 3 is 2.82 bits per heavy atom. The van der Waals surface area contributed by atoms with Gasteiger partial charge in [-0.15, -0.1) is 0 Å². The number of furan rings is 1. The molecule has 33 heavy (non-hydrogen) atoms. The zero-order valence-electron chi connectivity index (χ0n) is 19.1. The molecule has 0 saturated carbocycles. The lowest BCUT2D eigenvalue weighted by atomic mass is 9.98. The minimum absolute atomic E-state index is 0.00306. The van der Waals surface area contributed by atoms with Crippen molar-refractivity contribution in [3.63, 3.8) is 0 Å². The number of fused-ring (bicyclic) bond motifs is 1. The molecule has 0 N–H and O–H groups in total. The highest BCUT2D eigenvalue weighted by Crippen LogP contribution is 2.40. The van der Waals surface area contributed by atoms with E-state index in [0.717, 1.165) is 6.42 Å². The lowest BCUT2D eigenvalue weighted by molar-refractivity contribution is 0.00468. The van der Waals surface area contributed by atoms with Gasteiger partial charge in [-0.05, 0) is 39.2 Å². The molecule has 1 amide bonds. The Balaban J connectivity index is 1.94. The molecule has 4 heterocycles. The Bertz CT molecular complexity index is 1190. The van der Waals surface area contributed by atoms with Gasteiger partial charge in [-0.25, -0.2) is 9.78 Å². The summed E-state index contributed by atoms with van der Waals surface area (Å²) in [4.78, 5) is 32.6. The normalized spacial score (nSPS) is 18.5. The monoisotopic (exact) mass is 474 g/mol. The lowest BCUT2D eigenvalue weighted by Gasteiger charge is -2.36. The fraction of sp³-hybridized carbons (Fsp3) is 0.478. The van der Waals surface area contributed by atoms with Crippen molar-refractivity contribution in [2.45, 2.75) is 52.2 Å². The van der Waals surface area contributed by atoms with Gasteiger partial charge >= 0.3 is 6.09 Å². The highest BCUT2D eigenvalue weighted by atomic mass is 35.5. The summed E-state index contributed by atoms with van der Waals surface area (Å²) in [6, 6.07) is 1.38. The number of anilines is 1. The number of ether oxygens (including phenoxy) is 2. The molecular formula is C23H27ClN4O5. The van der Waals surface area contributed by atoms with Gasteiger partial charge < -0.3 is 13.9 Å². The Kier molecular flexibility index (Phi) is 6.71. The largest absolute Gasteiger partial charge is 0.449 e. The van der Waals surface area contributed by atoms with Crippen LogP contribution in [-0.4, -0.2) is 52.0 Å². The van der Waals surface area contributed by atoms with Crippen LogP contribution in [0.5, 0.6) is 0 Å². The van der Waals surface area contributed by atoms with Crippen molar-refractivity contribution in [1.82, 2.24) is 14.8 Å². The van der Waals surface area contributed by atoms with E-state index in [2.05, 4.69) is 10.1 Å². The SMILES string of the molecule is CCOC(=O)N(c1c(C(=O)c2cnn(C)c2)oc2c(C)nc(Cl)cc12)C1CCOC(CC)C1. The summed E-state index contributed by atoms with van der Waals surface area (Å²) < 4.78 is 18.9. The van der Waals surface area contributed by atoms with Crippen molar-refractivity contribution in [2.24, 2.45) is 7.05 Å². The predicted octanol–water partition coefficient (Wildman–Crippen LogP) is 4.67. The number of amides is 1. The number of halogens is 1. The second-order valence-corrected chi connectivity index (χ2v) is 8.45. The van der Waals surface area contributed by atoms with Gasteiger partial charge in [-0.2, -0.15) is 5.10 Å². The molecule has 9 nitrogen and oxygen atoms in total. The number of hydrogen-bond acceptors (Lipinski definition) is 7. The van der Waals surface area contributed by atoms with Crippen molar-refractivity contribution >= 4 is 40.1 Å². The van der Waals surface area contributed by atoms with Crippen LogP contribution in [0.4, 0.5) is 10.5 Å². The second kappa shape index (κ2) is 9.52. The minimum atomic E-state index is -0.548. The third kappa shape index (κ3) is 4.47. The van der Waals surface area contributed by atoms with Crippen LogP contribution in [0.1, 0.15) is 54.9 Å². The van der Waals surface area contributed by atoms with E-state index in [1.165, 1.54) is 10.9 Å². The number of hydrogen-bond donors (Lipinski definition) is 0. The van der Waals surface area contributed by atoms with Crippen LogP contribution in [0.25, 0.3) is 11.0 Å². The fourth-order valence-electron chi connectivity index (χ4n) is 4.26. The summed E-state index contributed by atoms with van der Waals surface area (Å²) in [5, 5.41) is 4.87. The number of carbonyl (C=O) groups is 2. The first kappa shape index (κ1) is 23.3. The first-order chi connectivity index (χ1) is 15.8. The van der Waals surface area contributed by atoms with E-state index >= 15 is 0 Å². The third-order valence-corrected chi connectivity index (χ3v) is 6.02. The van der Waals surface area contributed by atoms with E-state index in [1.807, 2.05) is 6.92 Å². The molecule has 2 atom stereocenters. The molecule has 1 aliphatic rings. The maximum Gasteiger partial charge on any atom is 0.414 e. The Hall–Kier alpha value is -2.91. The molecule has 1 saturated heterocycles. The molecule has 0 aliphatic carbocycles. The number of carbonyl (C=O) groups excluding carboxylic acids is 2. The van der Waals surface area contributed by atoms with Crippen molar-refractivity contribution in [2.75, 3.05) is 18.1 Å². The van der Waals surface area contributed by atoms with Gasteiger partial charge in [-0.3, -0.25) is 14.4 Å². The van der Waals surface area contributed by atoms with Crippen LogP contribution in [0.3, 0.4) is 0 Å². The molecule has 2 unspecified atom stereocenters. The summed E-state index contributed by atoms with van der Waals surface area (Å²) in [5.41, 5.74) is 1.60. The average molecular weight is 475 g/mol. The summed E-state index contributed by atoms with van der Waals surface area (Å²) in [6.45, 7) is 6.23. The van der Waals surface area contributed by atoms with Crippen molar-refractivity contribution in [1.29, 1.82) is 0 Å². The third-order valence-electron chi connectivity index (χ3n) is 5.82. The van der Waals surface area contributed by atoms with E-state index in [1.54, 1.807) is 38.1 Å². The molecule has 0 spiro atoms. The van der Waals surface area contributed by atoms with Crippen LogP contribution in [-0.2, 0) is 16.5 Å². The Labute approximate surface area is 196 Å². The van der Waals surface area contributed by atoms with E-state index in [4.69, 9.17) is 25.5 Å². The highest BCUT2D eigenvalue weighted by molar-refractivity contribution is 6.30. The molecule has 0 aromatic carbocycles. The first-order valence-corrected chi connectivity index (χ1v) is 11.4. The first-order valence-electron chi connectivity index (χ1n) is 11.0. The summed E-state index contributed by atoms with van der Waals surface area (Å²) in [5.74, 6) is -0.365. The van der Waals surface area contributed by atoms with Crippen LogP contribution >= 0.6 is 11.6 Å². The quantitative estimate of drug-likeness (QED) is 0.378. The zero-order chi connectivity index (χ0) is 23.7. The van der Waals surface area contributed by atoms with Gasteiger partial charge in [0, 0.05) is 25.9 Å². The Morgan fingerprint density at radius 1 is 1.36 bits per heavy atom. The molecule has 3 aromatic heterocycles. The molecular weight excluding hydrogens is 448 g/mol. The Morgan fingerprint density at radius 2 is 2.15 bits per heavy atom. The van der Waals surface area contributed by atoms with E-state index < -0.39 is 11.9 Å². The number of aromatic nitrogens is 3. The smallest absolute Gasteiger partial charge is 0.414 e. The molecule has 0 radical (unpaired) electrons. The maximum absolute atomic E-state index is 13.5. The lowest BCUT2D eigenvalue weighted by Crippen LogP contribution is -2.46. The van der Waals surface area contributed by atoms with Gasteiger partial charge in [0.05, 0.1) is 35.6 Å². The second-order valence-electron chi connectivity index (χ2n) is 8.07. The van der Waals surface area contributed by atoms with Gasteiger partial charge in [0.1, 0.15) is 10.8 Å². The maximum atomic E-state index is 13.5. The van der Waals surface area contributed by atoms with Gasteiger partial charge in [0.25, 0.3) is 0 Å². The van der Waals surface area contributed by atoms with Crippen LogP contribution in [0, 0.1) is 6.92 Å². The van der Waals surface area contributed by atoms with Crippen LogP contribution in [0.15, 0.2) is 22.9 Å². The fourth-order valence-corrected chi connectivity index (χ4v) is 4.49. The average Bonchev–Trinajstić information content (AvgIpc) is 3.38. The minimum Gasteiger partial charge on any atom is -0.449 e. The van der Waals surface area contributed by atoms with Gasteiger partial charge in [-0.1, -0.05) is 18.5 Å². The summed E-state index contributed by atoms with van der Waals surface area (Å²) in [6.07, 6.45) is 4.55. The molecule has 1 fully saturated rings. The standard InChI is InChI=1S/C23H27ClN4O5/c1-5-16-9-15(7-8-32-16)28(23(30)31-6-2)19-17-10-18(24)26-13(3)21(17)33-22(19)20(29)14-11-25-27(4)12-14/h10-12,15-16H,5-9H2,1-4H3. The predicted molar refractivity (Wildman–Crippen MR) is 123 cm³/mol. The van der Waals surface area contributed by atoms with Crippen LogP contribution in [0.2, 0.25) is 5.15 Å². The number of rotatable bonds is 6. The van der Waals surface area contributed by atoms with Gasteiger partial charge in [0.15, 0.2) is 11.3 Å². The van der Waals surface area contributed by atoms with E-state index in [9.17, 15) is 9.59 Å². The summed E-state index contributed by atoms with van der Waals surface area (Å²) in [7, 11) is 1.72. The van der Waals surface area contributed by atoms with E-state index in [0.29, 0.717) is 47.4 Å². The van der Waals surface area contributed by atoms with Gasteiger partial charge in [0.2, 0.25) is 5.78 Å². The van der Waals surface area contributed by atoms with Crippen LogP contribution < -0.4 is 4.90 Å². The van der Waals surface area contributed by atoms with Crippen molar-refractivity contribution in [3.05, 3.63) is 40.6 Å². The molecule has 0 bridgehead atoms. The van der Waals surface area contributed by atoms with Crippen molar-refractivity contribution in [3.8, 4) is 0 Å². The number of pyridine rings is 1. The topological polar surface area (TPSA) is 99.7 Å². The highest BCUT2D eigenvalue weighted by Gasteiger charge is 2.38. The number of aryl methyl sites for hydroxylation is 2. The summed E-state index contributed by atoms with van der Waals surface area (Å²) >= 11 is 6.28. The zero-order valence-corrected chi connectivity index (χ0v) is 19.9. The molecule has 3 aromatic rings. The molecule has 4 rings (SSSR count).